The molecule has 1 atom stereocenters. The number of aliphatic hydroxyl groups excluding tert-OH is 1. The Morgan fingerprint density at radius 1 is 1.26 bits per heavy atom. The van der Waals surface area contributed by atoms with Crippen molar-refractivity contribution in [3.05, 3.63) is 54.0 Å². The minimum atomic E-state index is -0.713. The van der Waals surface area contributed by atoms with Gasteiger partial charge in [-0.15, -0.1) is 0 Å². The number of furan rings is 1. The Bertz CT molecular complexity index is 590. The number of benzene rings is 1. The molecule has 5 heteroatoms. The van der Waals surface area contributed by atoms with Gasteiger partial charge in [0.15, 0.2) is 6.61 Å². The molecule has 5 nitrogen and oxygen atoms in total. The van der Waals surface area contributed by atoms with Crippen LogP contribution in [0.3, 0.4) is 0 Å². The van der Waals surface area contributed by atoms with E-state index in [1.54, 1.807) is 12.1 Å². The van der Waals surface area contributed by atoms with Gasteiger partial charge in [0.05, 0.1) is 6.26 Å². The zero-order valence-electron chi connectivity index (χ0n) is 13.5. The molecule has 1 heterocycles. The SMILES string of the molecule is CC(C)c1ccc(OCC(=O)NCCC(O)c2ccco2)cc1. The first-order valence-electron chi connectivity index (χ1n) is 7.77. The lowest BCUT2D eigenvalue weighted by atomic mass is 10.0. The Labute approximate surface area is 136 Å². The van der Waals surface area contributed by atoms with Crippen molar-refractivity contribution >= 4 is 5.91 Å². The molecule has 0 spiro atoms. The first kappa shape index (κ1) is 17.1. The number of hydrogen-bond acceptors (Lipinski definition) is 4. The van der Waals surface area contributed by atoms with Crippen LogP contribution >= 0.6 is 0 Å². The summed E-state index contributed by atoms with van der Waals surface area (Å²) < 4.78 is 10.5. The lowest BCUT2D eigenvalue weighted by Gasteiger charge is -2.10. The Kier molecular flexibility index (Phi) is 6.23. The van der Waals surface area contributed by atoms with Crippen LogP contribution in [0.25, 0.3) is 0 Å². The molecule has 0 saturated carbocycles. The molecule has 2 N–H and O–H groups in total. The molecular weight excluding hydrogens is 294 g/mol. The largest absolute Gasteiger partial charge is 0.484 e. The molecule has 23 heavy (non-hydrogen) atoms. The third-order valence-electron chi connectivity index (χ3n) is 3.53. The molecule has 0 aliphatic carbocycles. The van der Waals surface area contributed by atoms with Gasteiger partial charge in [0.25, 0.3) is 5.91 Å². The topological polar surface area (TPSA) is 71.7 Å². The fourth-order valence-corrected chi connectivity index (χ4v) is 2.12. The van der Waals surface area contributed by atoms with E-state index < -0.39 is 6.10 Å². The van der Waals surface area contributed by atoms with Crippen LogP contribution in [0.1, 0.15) is 43.6 Å². The van der Waals surface area contributed by atoms with Crippen molar-refractivity contribution in [1.29, 1.82) is 0 Å². The number of ether oxygens (including phenoxy) is 1. The lowest BCUT2D eigenvalue weighted by molar-refractivity contribution is -0.123. The lowest BCUT2D eigenvalue weighted by Crippen LogP contribution is -2.30. The van der Waals surface area contributed by atoms with Gasteiger partial charge in [-0.2, -0.15) is 0 Å². The number of amides is 1. The minimum absolute atomic E-state index is 0.0438. The third kappa shape index (κ3) is 5.45. The molecule has 0 aliphatic heterocycles. The van der Waals surface area contributed by atoms with Gasteiger partial charge in [-0.05, 0) is 42.2 Å². The number of nitrogens with one attached hydrogen (secondary N) is 1. The van der Waals surface area contributed by atoms with E-state index in [1.165, 1.54) is 11.8 Å². The van der Waals surface area contributed by atoms with E-state index in [-0.39, 0.29) is 12.5 Å². The van der Waals surface area contributed by atoms with Gasteiger partial charge in [-0.25, -0.2) is 0 Å². The third-order valence-corrected chi connectivity index (χ3v) is 3.53. The summed E-state index contributed by atoms with van der Waals surface area (Å²) in [7, 11) is 0. The molecule has 2 aromatic rings. The quantitative estimate of drug-likeness (QED) is 0.785. The Morgan fingerprint density at radius 3 is 2.61 bits per heavy atom. The van der Waals surface area contributed by atoms with Gasteiger partial charge in [0, 0.05) is 6.54 Å². The van der Waals surface area contributed by atoms with Crippen molar-refractivity contribution in [2.24, 2.45) is 0 Å². The highest BCUT2D eigenvalue weighted by molar-refractivity contribution is 5.77. The molecule has 2 rings (SSSR count). The van der Waals surface area contributed by atoms with Gasteiger partial charge >= 0.3 is 0 Å². The molecular formula is C18H23NO4. The summed E-state index contributed by atoms with van der Waals surface area (Å²) >= 11 is 0. The maximum atomic E-state index is 11.7. The van der Waals surface area contributed by atoms with Crippen molar-refractivity contribution in [3.63, 3.8) is 0 Å². The molecule has 0 fully saturated rings. The summed E-state index contributed by atoms with van der Waals surface area (Å²) in [5, 5.41) is 12.5. The summed E-state index contributed by atoms with van der Waals surface area (Å²) in [6.07, 6.45) is 1.19. The van der Waals surface area contributed by atoms with Crippen LogP contribution in [0, 0.1) is 0 Å². The zero-order chi connectivity index (χ0) is 16.7. The van der Waals surface area contributed by atoms with E-state index in [0.717, 1.165) is 0 Å². The van der Waals surface area contributed by atoms with Crippen LogP contribution in [0.5, 0.6) is 5.75 Å². The summed E-state index contributed by atoms with van der Waals surface area (Å²) in [5.74, 6) is 1.42. The van der Waals surface area contributed by atoms with E-state index in [2.05, 4.69) is 19.2 Å². The van der Waals surface area contributed by atoms with Crippen molar-refractivity contribution in [2.45, 2.75) is 32.3 Å². The van der Waals surface area contributed by atoms with Crippen molar-refractivity contribution < 1.29 is 19.1 Å². The fraction of sp³-hybridized carbons (Fsp3) is 0.389. The molecule has 1 aromatic heterocycles. The van der Waals surface area contributed by atoms with Gasteiger partial charge in [0.1, 0.15) is 17.6 Å². The average Bonchev–Trinajstić information content (AvgIpc) is 3.07. The summed E-state index contributed by atoms with van der Waals surface area (Å²) in [4.78, 5) is 11.7. The first-order chi connectivity index (χ1) is 11.1. The Balaban J connectivity index is 1.67. The van der Waals surface area contributed by atoms with E-state index in [0.29, 0.717) is 30.4 Å². The Morgan fingerprint density at radius 2 is 2.00 bits per heavy atom. The molecule has 0 aliphatic rings. The maximum absolute atomic E-state index is 11.7. The second-order valence-corrected chi connectivity index (χ2v) is 5.68. The van der Waals surface area contributed by atoms with E-state index in [1.807, 2.05) is 24.3 Å². The van der Waals surface area contributed by atoms with Crippen LogP contribution in [-0.2, 0) is 4.79 Å². The highest BCUT2D eigenvalue weighted by Crippen LogP contribution is 2.18. The minimum Gasteiger partial charge on any atom is -0.484 e. The maximum Gasteiger partial charge on any atom is 0.257 e. The van der Waals surface area contributed by atoms with Crippen LogP contribution in [0.2, 0.25) is 0 Å². The summed E-state index contributed by atoms with van der Waals surface area (Å²) in [5.41, 5.74) is 1.23. The van der Waals surface area contributed by atoms with Crippen LogP contribution in [0.4, 0.5) is 0 Å². The molecule has 0 saturated heterocycles. The molecule has 124 valence electrons. The predicted octanol–water partition coefficient (Wildman–Crippen LogP) is 3.02. The van der Waals surface area contributed by atoms with Gasteiger partial charge < -0.3 is 19.6 Å². The van der Waals surface area contributed by atoms with Gasteiger partial charge in [-0.3, -0.25) is 4.79 Å². The van der Waals surface area contributed by atoms with Crippen molar-refractivity contribution in [1.82, 2.24) is 5.32 Å². The Hall–Kier alpha value is -2.27. The number of aliphatic hydroxyl groups is 1. The van der Waals surface area contributed by atoms with Crippen molar-refractivity contribution in [3.8, 4) is 5.75 Å². The average molecular weight is 317 g/mol. The van der Waals surface area contributed by atoms with Crippen LogP contribution in [-0.4, -0.2) is 24.2 Å². The zero-order valence-corrected chi connectivity index (χ0v) is 13.5. The van der Waals surface area contributed by atoms with Gasteiger partial charge in [-0.1, -0.05) is 26.0 Å². The number of carbonyl (C=O) groups is 1. The summed E-state index contributed by atoms with van der Waals surface area (Å²) in [6.45, 7) is 4.56. The molecule has 1 amide bonds. The molecule has 0 radical (unpaired) electrons. The molecule has 1 aromatic carbocycles. The molecule has 0 bridgehead atoms. The van der Waals surface area contributed by atoms with Crippen molar-refractivity contribution in [2.75, 3.05) is 13.2 Å². The normalized spacial score (nSPS) is 12.2. The number of hydrogen-bond donors (Lipinski definition) is 2. The van der Waals surface area contributed by atoms with E-state index in [4.69, 9.17) is 9.15 Å². The highest BCUT2D eigenvalue weighted by atomic mass is 16.5. The smallest absolute Gasteiger partial charge is 0.257 e. The van der Waals surface area contributed by atoms with Crippen LogP contribution in [0.15, 0.2) is 47.1 Å². The highest BCUT2D eigenvalue weighted by Gasteiger charge is 2.11. The monoisotopic (exact) mass is 317 g/mol. The summed E-state index contributed by atoms with van der Waals surface area (Å²) in [6, 6.07) is 11.1. The van der Waals surface area contributed by atoms with E-state index >= 15 is 0 Å². The standard InChI is InChI=1S/C18H23NO4/c1-13(2)14-5-7-15(8-6-14)23-12-18(21)19-10-9-16(20)17-4-3-11-22-17/h3-8,11,13,16,20H,9-10,12H2,1-2H3,(H,19,21). The first-order valence-corrected chi connectivity index (χ1v) is 7.77. The predicted molar refractivity (Wildman–Crippen MR) is 87.3 cm³/mol. The second kappa shape index (κ2) is 8.39. The number of carbonyl (C=O) groups excluding carboxylic acids is 1. The molecule has 1 unspecified atom stereocenters. The van der Waals surface area contributed by atoms with Crippen LogP contribution < -0.4 is 10.1 Å². The number of rotatable bonds is 8. The second-order valence-electron chi connectivity index (χ2n) is 5.68. The van der Waals surface area contributed by atoms with Gasteiger partial charge in [0.2, 0.25) is 0 Å². The van der Waals surface area contributed by atoms with E-state index in [9.17, 15) is 9.90 Å². The fourth-order valence-electron chi connectivity index (χ4n) is 2.12.